The zero-order valence-electron chi connectivity index (χ0n) is 17.1. The molecule has 0 N–H and O–H groups in total. The topological polar surface area (TPSA) is 45.7 Å². The van der Waals surface area contributed by atoms with Crippen molar-refractivity contribution in [3.05, 3.63) is 95.8 Å². The fourth-order valence-corrected chi connectivity index (χ4v) is 3.61. The van der Waals surface area contributed by atoms with Crippen LogP contribution in [0, 0.1) is 0 Å². The number of hydrogen-bond acceptors (Lipinski definition) is 4. The summed E-state index contributed by atoms with van der Waals surface area (Å²) in [5, 5.41) is 0. The first-order valence-corrected chi connectivity index (χ1v) is 10.4. The third kappa shape index (κ3) is 5.67. The summed E-state index contributed by atoms with van der Waals surface area (Å²) < 4.78 is 5.87. The summed E-state index contributed by atoms with van der Waals surface area (Å²) in [5.74, 6) is 1.07. The summed E-state index contributed by atoms with van der Waals surface area (Å²) in [4.78, 5) is 21.1. The molecule has 5 nitrogen and oxygen atoms in total. The molecule has 1 aromatic heterocycles. The molecule has 0 spiro atoms. The van der Waals surface area contributed by atoms with E-state index in [9.17, 15) is 4.79 Å². The van der Waals surface area contributed by atoms with E-state index in [0.29, 0.717) is 19.6 Å². The SMILES string of the molecule is O=C1CCN(Cc2ccc(OCc3ccccc3)cc2)CCN1Cc1ccccn1. The van der Waals surface area contributed by atoms with E-state index in [-0.39, 0.29) is 5.91 Å². The highest BCUT2D eigenvalue weighted by atomic mass is 16.5. The standard InChI is InChI=1S/C25H27N3O2/c29-25-13-15-27(16-17-28(25)19-23-8-4-5-14-26-23)18-21-9-11-24(12-10-21)30-20-22-6-2-1-3-7-22/h1-12,14H,13,15-20H2. The highest BCUT2D eigenvalue weighted by Crippen LogP contribution is 2.17. The Morgan fingerprint density at radius 2 is 1.60 bits per heavy atom. The molecule has 154 valence electrons. The van der Waals surface area contributed by atoms with Crippen LogP contribution in [0.3, 0.4) is 0 Å². The van der Waals surface area contributed by atoms with Crippen LogP contribution < -0.4 is 4.74 Å². The lowest BCUT2D eigenvalue weighted by molar-refractivity contribution is -0.131. The lowest BCUT2D eigenvalue weighted by Crippen LogP contribution is -2.33. The highest BCUT2D eigenvalue weighted by molar-refractivity contribution is 5.76. The Morgan fingerprint density at radius 1 is 0.800 bits per heavy atom. The number of amides is 1. The van der Waals surface area contributed by atoms with Crippen LogP contribution in [-0.4, -0.2) is 40.3 Å². The van der Waals surface area contributed by atoms with E-state index in [4.69, 9.17) is 4.74 Å². The Hall–Kier alpha value is -3.18. The van der Waals surface area contributed by atoms with Gasteiger partial charge < -0.3 is 9.64 Å². The van der Waals surface area contributed by atoms with Gasteiger partial charge in [0.15, 0.2) is 0 Å². The van der Waals surface area contributed by atoms with Crippen molar-refractivity contribution in [3.63, 3.8) is 0 Å². The van der Waals surface area contributed by atoms with Crippen molar-refractivity contribution < 1.29 is 9.53 Å². The molecule has 0 radical (unpaired) electrons. The van der Waals surface area contributed by atoms with E-state index < -0.39 is 0 Å². The van der Waals surface area contributed by atoms with Crippen molar-refractivity contribution >= 4 is 5.91 Å². The molecule has 1 fully saturated rings. The Bertz CT molecular complexity index is 930. The number of carbonyl (C=O) groups is 1. The van der Waals surface area contributed by atoms with Gasteiger partial charge in [0, 0.05) is 38.8 Å². The first-order chi connectivity index (χ1) is 14.8. The van der Waals surface area contributed by atoms with Crippen LogP contribution in [0.5, 0.6) is 5.75 Å². The number of ether oxygens (including phenoxy) is 1. The van der Waals surface area contributed by atoms with E-state index in [1.807, 2.05) is 53.4 Å². The summed E-state index contributed by atoms with van der Waals surface area (Å²) in [6, 6.07) is 24.3. The summed E-state index contributed by atoms with van der Waals surface area (Å²) in [6.07, 6.45) is 2.32. The van der Waals surface area contributed by atoms with Crippen molar-refractivity contribution in [1.29, 1.82) is 0 Å². The molecule has 1 aliphatic rings. The van der Waals surface area contributed by atoms with E-state index in [2.05, 4.69) is 34.1 Å². The second kappa shape index (κ2) is 10.0. The fourth-order valence-electron chi connectivity index (χ4n) is 3.61. The maximum atomic E-state index is 12.5. The van der Waals surface area contributed by atoms with Gasteiger partial charge in [-0.3, -0.25) is 14.7 Å². The van der Waals surface area contributed by atoms with Gasteiger partial charge in [-0.15, -0.1) is 0 Å². The molecule has 2 aromatic carbocycles. The minimum absolute atomic E-state index is 0.202. The smallest absolute Gasteiger partial charge is 0.224 e. The van der Waals surface area contributed by atoms with Crippen LogP contribution in [0.4, 0.5) is 0 Å². The van der Waals surface area contributed by atoms with Crippen molar-refractivity contribution in [3.8, 4) is 5.75 Å². The lowest BCUT2D eigenvalue weighted by atomic mass is 10.2. The van der Waals surface area contributed by atoms with Crippen LogP contribution in [0.1, 0.15) is 23.2 Å². The minimum atomic E-state index is 0.202. The Balaban J connectivity index is 1.28. The quantitative estimate of drug-likeness (QED) is 0.602. The van der Waals surface area contributed by atoms with Gasteiger partial charge in [0.05, 0.1) is 12.2 Å². The minimum Gasteiger partial charge on any atom is -0.489 e. The number of benzene rings is 2. The van der Waals surface area contributed by atoms with Crippen LogP contribution in [0.15, 0.2) is 79.0 Å². The molecular formula is C25H27N3O2. The second-order valence-electron chi connectivity index (χ2n) is 7.58. The van der Waals surface area contributed by atoms with Crippen molar-refractivity contribution in [2.45, 2.75) is 26.1 Å². The van der Waals surface area contributed by atoms with Crippen LogP contribution in [0.25, 0.3) is 0 Å². The van der Waals surface area contributed by atoms with E-state index >= 15 is 0 Å². The van der Waals surface area contributed by atoms with Gasteiger partial charge in [0.2, 0.25) is 5.91 Å². The zero-order chi connectivity index (χ0) is 20.6. The van der Waals surface area contributed by atoms with E-state index in [1.54, 1.807) is 6.20 Å². The maximum absolute atomic E-state index is 12.5. The molecule has 1 saturated heterocycles. The highest BCUT2D eigenvalue weighted by Gasteiger charge is 2.21. The van der Waals surface area contributed by atoms with Crippen LogP contribution >= 0.6 is 0 Å². The average molecular weight is 402 g/mol. The van der Waals surface area contributed by atoms with Gasteiger partial charge >= 0.3 is 0 Å². The van der Waals surface area contributed by atoms with Crippen molar-refractivity contribution in [2.24, 2.45) is 0 Å². The first-order valence-electron chi connectivity index (χ1n) is 10.4. The monoisotopic (exact) mass is 401 g/mol. The number of hydrogen-bond donors (Lipinski definition) is 0. The van der Waals surface area contributed by atoms with Crippen molar-refractivity contribution in [2.75, 3.05) is 19.6 Å². The molecule has 1 amide bonds. The first kappa shape index (κ1) is 20.1. The summed E-state index contributed by atoms with van der Waals surface area (Å²) >= 11 is 0. The average Bonchev–Trinajstić information content (AvgIpc) is 2.96. The Morgan fingerprint density at radius 3 is 2.37 bits per heavy atom. The molecule has 0 saturated carbocycles. The molecule has 0 unspecified atom stereocenters. The van der Waals surface area contributed by atoms with E-state index in [1.165, 1.54) is 5.56 Å². The third-order valence-electron chi connectivity index (χ3n) is 5.34. The predicted octanol–water partition coefficient (Wildman–Crippen LogP) is 3.90. The predicted molar refractivity (Wildman–Crippen MR) is 117 cm³/mol. The van der Waals surface area contributed by atoms with Gasteiger partial charge in [0.25, 0.3) is 0 Å². The molecule has 1 aliphatic heterocycles. The third-order valence-corrected chi connectivity index (χ3v) is 5.34. The fraction of sp³-hybridized carbons (Fsp3) is 0.280. The summed E-state index contributed by atoms with van der Waals surface area (Å²) in [5.41, 5.74) is 3.32. The molecule has 4 rings (SSSR count). The van der Waals surface area contributed by atoms with Crippen LogP contribution in [0.2, 0.25) is 0 Å². The van der Waals surface area contributed by atoms with Gasteiger partial charge in [-0.05, 0) is 35.4 Å². The maximum Gasteiger partial charge on any atom is 0.224 e. The zero-order valence-corrected chi connectivity index (χ0v) is 17.1. The van der Waals surface area contributed by atoms with Gasteiger partial charge in [-0.2, -0.15) is 0 Å². The number of nitrogens with zero attached hydrogens (tertiary/aromatic N) is 3. The normalized spacial score (nSPS) is 15.1. The molecule has 5 heteroatoms. The lowest BCUT2D eigenvalue weighted by Gasteiger charge is -2.22. The molecule has 2 heterocycles. The van der Waals surface area contributed by atoms with Gasteiger partial charge in [0.1, 0.15) is 12.4 Å². The molecule has 30 heavy (non-hydrogen) atoms. The molecule has 3 aromatic rings. The number of rotatable bonds is 7. The Kier molecular flexibility index (Phi) is 6.72. The van der Waals surface area contributed by atoms with Crippen LogP contribution in [-0.2, 0) is 24.5 Å². The summed E-state index contributed by atoms with van der Waals surface area (Å²) in [6.45, 7) is 4.37. The van der Waals surface area contributed by atoms with Gasteiger partial charge in [-0.25, -0.2) is 0 Å². The Labute approximate surface area is 177 Å². The second-order valence-corrected chi connectivity index (χ2v) is 7.58. The largest absolute Gasteiger partial charge is 0.489 e. The van der Waals surface area contributed by atoms with E-state index in [0.717, 1.165) is 43.2 Å². The molecule has 0 aliphatic carbocycles. The van der Waals surface area contributed by atoms with Gasteiger partial charge in [-0.1, -0.05) is 48.5 Å². The molecule has 0 atom stereocenters. The number of pyridine rings is 1. The molecular weight excluding hydrogens is 374 g/mol. The summed E-state index contributed by atoms with van der Waals surface area (Å²) in [7, 11) is 0. The van der Waals surface area contributed by atoms with Crippen molar-refractivity contribution in [1.82, 2.24) is 14.8 Å². The molecule has 0 bridgehead atoms. The number of aromatic nitrogens is 1. The number of carbonyl (C=O) groups excluding carboxylic acids is 1.